The number of aryl methyl sites for hydroxylation is 1. The Morgan fingerprint density at radius 2 is 2.44 bits per heavy atom. The first kappa shape index (κ1) is 6.31. The predicted molar refractivity (Wildman–Crippen MR) is 36.3 cm³/mol. The van der Waals surface area contributed by atoms with Crippen LogP contribution in [0, 0.1) is 6.92 Å². The maximum Gasteiger partial charge on any atom is 0.226 e. The van der Waals surface area contributed by atoms with Crippen molar-refractivity contribution in [3.63, 3.8) is 0 Å². The van der Waals surface area contributed by atoms with Crippen LogP contribution in [-0.4, -0.2) is 10.1 Å². The zero-order chi connectivity index (χ0) is 6.85. The SMILES string of the molecule is Cc1sc(NN)nc1O. The lowest BCUT2D eigenvalue weighted by atomic mass is 10.6. The number of hydrazine groups is 1. The van der Waals surface area contributed by atoms with E-state index in [9.17, 15) is 0 Å². The minimum atomic E-state index is 0.0490. The first-order valence-electron chi connectivity index (χ1n) is 2.37. The van der Waals surface area contributed by atoms with Gasteiger partial charge in [-0.2, -0.15) is 4.98 Å². The van der Waals surface area contributed by atoms with E-state index >= 15 is 0 Å². The van der Waals surface area contributed by atoms with Crippen molar-refractivity contribution in [3.8, 4) is 5.88 Å². The number of aromatic nitrogens is 1. The van der Waals surface area contributed by atoms with E-state index in [0.717, 1.165) is 4.88 Å². The predicted octanol–water partition coefficient (Wildman–Crippen LogP) is 0.443. The Morgan fingerprint density at radius 3 is 2.67 bits per heavy atom. The van der Waals surface area contributed by atoms with E-state index in [1.165, 1.54) is 11.3 Å². The molecule has 50 valence electrons. The second kappa shape index (κ2) is 2.20. The number of nitrogens with one attached hydrogen (secondary N) is 1. The second-order valence-corrected chi connectivity index (χ2v) is 2.75. The Balaban J connectivity index is 2.98. The molecule has 0 unspecified atom stereocenters. The van der Waals surface area contributed by atoms with E-state index in [1.54, 1.807) is 6.92 Å². The van der Waals surface area contributed by atoms with Gasteiger partial charge in [0.2, 0.25) is 11.0 Å². The first-order valence-corrected chi connectivity index (χ1v) is 3.18. The fourth-order valence-electron chi connectivity index (χ4n) is 0.450. The topological polar surface area (TPSA) is 71.2 Å². The van der Waals surface area contributed by atoms with Crippen molar-refractivity contribution in [3.05, 3.63) is 4.88 Å². The molecule has 9 heavy (non-hydrogen) atoms. The van der Waals surface area contributed by atoms with Crippen LogP contribution in [-0.2, 0) is 0 Å². The summed E-state index contributed by atoms with van der Waals surface area (Å²) in [5, 5.41) is 9.41. The molecule has 0 aliphatic rings. The molecule has 0 saturated carbocycles. The number of aromatic hydroxyl groups is 1. The van der Waals surface area contributed by atoms with Crippen molar-refractivity contribution < 1.29 is 5.11 Å². The summed E-state index contributed by atoms with van der Waals surface area (Å²) in [5.74, 6) is 5.07. The maximum absolute atomic E-state index is 8.87. The largest absolute Gasteiger partial charge is 0.492 e. The number of nitrogens with zero attached hydrogens (tertiary/aromatic N) is 1. The molecule has 1 aromatic heterocycles. The van der Waals surface area contributed by atoms with Gasteiger partial charge in [0.25, 0.3) is 0 Å². The van der Waals surface area contributed by atoms with E-state index in [1.807, 2.05) is 0 Å². The van der Waals surface area contributed by atoms with Crippen molar-refractivity contribution >= 4 is 16.5 Å². The zero-order valence-corrected chi connectivity index (χ0v) is 5.70. The van der Waals surface area contributed by atoms with E-state index in [0.29, 0.717) is 5.13 Å². The molecule has 0 aromatic carbocycles. The van der Waals surface area contributed by atoms with E-state index in [4.69, 9.17) is 10.9 Å². The van der Waals surface area contributed by atoms with Gasteiger partial charge in [0.1, 0.15) is 0 Å². The van der Waals surface area contributed by atoms with Crippen molar-refractivity contribution in [2.75, 3.05) is 5.43 Å². The van der Waals surface area contributed by atoms with E-state index < -0.39 is 0 Å². The number of nitrogen functional groups attached to an aromatic ring is 1. The van der Waals surface area contributed by atoms with Crippen LogP contribution < -0.4 is 11.3 Å². The van der Waals surface area contributed by atoms with Crippen LogP contribution in [0.5, 0.6) is 5.88 Å². The molecule has 0 saturated heterocycles. The number of hydrogen-bond donors (Lipinski definition) is 3. The average molecular weight is 145 g/mol. The molecule has 1 rings (SSSR count). The van der Waals surface area contributed by atoms with Gasteiger partial charge >= 0.3 is 0 Å². The minimum Gasteiger partial charge on any atom is -0.492 e. The molecule has 1 heterocycles. The van der Waals surface area contributed by atoms with Crippen LogP contribution >= 0.6 is 11.3 Å². The molecule has 0 radical (unpaired) electrons. The van der Waals surface area contributed by atoms with E-state index in [-0.39, 0.29) is 5.88 Å². The Labute approximate surface area is 56.3 Å². The minimum absolute atomic E-state index is 0.0490. The number of hydrogen-bond acceptors (Lipinski definition) is 5. The summed E-state index contributed by atoms with van der Waals surface area (Å²) in [6.07, 6.45) is 0. The highest BCUT2D eigenvalue weighted by molar-refractivity contribution is 7.15. The Hall–Kier alpha value is -0.810. The molecule has 4 nitrogen and oxygen atoms in total. The standard InChI is InChI=1S/C4H7N3OS/c1-2-3(8)6-4(7-5)9-2/h8H,5H2,1H3,(H,6,7). The van der Waals surface area contributed by atoms with Crippen LogP contribution in [0.15, 0.2) is 0 Å². The number of anilines is 1. The third-order valence-electron chi connectivity index (χ3n) is 0.896. The first-order chi connectivity index (χ1) is 4.24. The summed E-state index contributed by atoms with van der Waals surface area (Å²) >= 11 is 1.32. The molecule has 4 N–H and O–H groups in total. The van der Waals surface area contributed by atoms with Gasteiger partial charge in [0.05, 0.1) is 4.88 Å². The molecular formula is C4H7N3OS. The van der Waals surface area contributed by atoms with E-state index in [2.05, 4.69) is 10.4 Å². The summed E-state index contributed by atoms with van der Waals surface area (Å²) in [5.41, 5.74) is 2.34. The molecule has 0 fully saturated rings. The number of rotatable bonds is 1. The molecule has 0 bridgehead atoms. The van der Waals surface area contributed by atoms with Crippen molar-refractivity contribution in [2.45, 2.75) is 6.92 Å². The lowest BCUT2D eigenvalue weighted by molar-refractivity contribution is 0.454. The van der Waals surface area contributed by atoms with Crippen molar-refractivity contribution in [2.24, 2.45) is 5.84 Å². The van der Waals surface area contributed by atoms with Crippen molar-refractivity contribution in [1.82, 2.24) is 4.98 Å². The summed E-state index contributed by atoms with van der Waals surface area (Å²) < 4.78 is 0. The fraction of sp³-hybridized carbons (Fsp3) is 0.250. The number of thiazole rings is 1. The van der Waals surface area contributed by atoms with Gasteiger partial charge in [-0.1, -0.05) is 11.3 Å². The highest BCUT2D eigenvalue weighted by Gasteiger charge is 2.02. The molecule has 0 aliphatic carbocycles. The van der Waals surface area contributed by atoms with Gasteiger partial charge in [0.15, 0.2) is 0 Å². The molecule has 0 aliphatic heterocycles. The molecule has 1 aromatic rings. The lowest BCUT2D eigenvalue weighted by Crippen LogP contribution is -2.05. The van der Waals surface area contributed by atoms with Crippen molar-refractivity contribution in [1.29, 1.82) is 0 Å². The normalized spacial score (nSPS) is 9.56. The Morgan fingerprint density at radius 1 is 1.78 bits per heavy atom. The van der Waals surface area contributed by atoms with Gasteiger partial charge in [-0.3, -0.25) is 5.43 Å². The molecule has 5 heteroatoms. The number of nitrogens with two attached hydrogens (primary N) is 1. The van der Waals surface area contributed by atoms with Crippen LogP contribution in [0.3, 0.4) is 0 Å². The van der Waals surface area contributed by atoms with Gasteiger partial charge in [-0.15, -0.1) is 0 Å². The van der Waals surface area contributed by atoms with Gasteiger partial charge in [-0.05, 0) is 6.92 Å². The monoisotopic (exact) mass is 145 g/mol. The zero-order valence-electron chi connectivity index (χ0n) is 4.88. The summed E-state index contributed by atoms with van der Waals surface area (Å²) in [6, 6.07) is 0. The van der Waals surface area contributed by atoms with Crippen LogP contribution in [0.2, 0.25) is 0 Å². The summed E-state index contributed by atoms with van der Waals surface area (Å²) in [4.78, 5) is 4.43. The maximum atomic E-state index is 8.87. The highest BCUT2D eigenvalue weighted by Crippen LogP contribution is 2.25. The third-order valence-corrected chi connectivity index (χ3v) is 1.79. The highest BCUT2D eigenvalue weighted by atomic mass is 32.1. The fourth-order valence-corrected chi connectivity index (χ4v) is 1.07. The van der Waals surface area contributed by atoms with Crippen LogP contribution in [0.25, 0.3) is 0 Å². The molecular weight excluding hydrogens is 138 g/mol. The van der Waals surface area contributed by atoms with Crippen LogP contribution in [0.4, 0.5) is 5.13 Å². The van der Waals surface area contributed by atoms with Gasteiger partial charge in [-0.25, -0.2) is 5.84 Å². The second-order valence-electron chi connectivity index (χ2n) is 1.54. The Kier molecular flexibility index (Phi) is 1.54. The third kappa shape index (κ3) is 1.11. The molecule has 0 spiro atoms. The smallest absolute Gasteiger partial charge is 0.226 e. The Bertz CT molecular complexity index is 190. The van der Waals surface area contributed by atoms with Crippen LogP contribution in [0.1, 0.15) is 4.88 Å². The van der Waals surface area contributed by atoms with Gasteiger partial charge in [0, 0.05) is 0 Å². The lowest BCUT2D eigenvalue weighted by Gasteiger charge is -1.84. The quantitative estimate of drug-likeness (QED) is 0.396. The molecule has 0 amide bonds. The summed E-state index contributed by atoms with van der Waals surface area (Å²) in [7, 11) is 0. The average Bonchev–Trinajstić information content (AvgIpc) is 2.13. The van der Waals surface area contributed by atoms with Gasteiger partial charge < -0.3 is 5.11 Å². The summed E-state index contributed by atoms with van der Waals surface area (Å²) in [6.45, 7) is 1.77. The molecule has 0 atom stereocenters.